The lowest BCUT2D eigenvalue weighted by molar-refractivity contribution is -0.122. The Morgan fingerprint density at radius 3 is 3.03 bits per heavy atom. The molecule has 1 N–H and O–H groups in total. The smallest absolute Gasteiger partial charge is 0.241 e. The summed E-state index contributed by atoms with van der Waals surface area (Å²) in [6.07, 6.45) is 5.54. The average Bonchev–Trinajstić information content (AvgIpc) is 3.31. The molecular formula is C20H20FN5O2S. The van der Waals surface area contributed by atoms with E-state index in [1.165, 1.54) is 23.9 Å². The molecule has 4 rings (SSSR count). The van der Waals surface area contributed by atoms with Gasteiger partial charge < -0.3 is 10.1 Å². The van der Waals surface area contributed by atoms with Gasteiger partial charge in [0.2, 0.25) is 5.91 Å². The Morgan fingerprint density at radius 2 is 2.28 bits per heavy atom. The van der Waals surface area contributed by atoms with Crippen molar-refractivity contribution in [2.75, 3.05) is 12.8 Å². The normalized spacial score (nSPS) is 15.1. The van der Waals surface area contributed by atoms with E-state index in [1.807, 2.05) is 19.2 Å². The number of rotatable bonds is 6. The van der Waals surface area contributed by atoms with E-state index < -0.39 is 0 Å². The van der Waals surface area contributed by atoms with Crippen LogP contribution in [0.3, 0.4) is 0 Å². The number of aryl methyl sites for hydroxylation is 1. The van der Waals surface area contributed by atoms with Crippen molar-refractivity contribution in [3.8, 4) is 17.0 Å². The van der Waals surface area contributed by atoms with Gasteiger partial charge in [0.25, 0.3) is 0 Å². The number of hydrogen-bond donors (Lipinski definition) is 1. The summed E-state index contributed by atoms with van der Waals surface area (Å²) in [5.74, 6) is 0.115. The van der Waals surface area contributed by atoms with Gasteiger partial charge in [-0.1, -0.05) is 11.8 Å². The van der Waals surface area contributed by atoms with E-state index in [9.17, 15) is 9.18 Å². The lowest BCUT2D eigenvalue weighted by Crippen LogP contribution is -2.36. The topological polar surface area (TPSA) is 81.9 Å². The summed E-state index contributed by atoms with van der Waals surface area (Å²) in [6.45, 7) is 2.34. The molecule has 0 saturated heterocycles. The second-order valence-electron chi connectivity index (χ2n) is 6.77. The van der Waals surface area contributed by atoms with Crippen molar-refractivity contribution >= 4 is 17.7 Å². The lowest BCUT2D eigenvalue weighted by atomic mass is 10.0. The number of thioether (sulfide) groups is 1. The number of carbonyl (C=O) groups excluding carboxylic acids is 1. The van der Waals surface area contributed by atoms with Gasteiger partial charge in [0.1, 0.15) is 24.2 Å². The van der Waals surface area contributed by atoms with Gasteiger partial charge in [-0.2, -0.15) is 5.10 Å². The zero-order valence-corrected chi connectivity index (χ0v) is 16.9. The predicted molar refractivity (Wildman–Crippen MR) is 107 cm³/mol. The number of nitrogens with zero attached hydrogens (tertiary/aromatic N) is 4. The van der Waals surface area contributed by atoms with Crippen LogP contribution >= 0.6 is 11.8 Å². The first-order valence-electron chi connectivity index (χ1n) is 9.15. The van der Waals surface area contributed by atoms with Crippen molar-refractivity contribution in [3.63, 3.8) is 0 Å². The predicted octanol–water partition coefficient (Wildman–Crippen LogP) is 2.63. The van der Waals surface area contributed by atoms with Crippen LogP contribution in [0, 0.1) is 12.7 Å². The molecule has 0 spiro atoms. The average molecular weight is 413 g/mol. The summed E-state index contributed by atoms with van der Waals surface area (Å²) in [7, 11) is 0. The van der Waals surface area contributed by atoms with Crippen LogP contribution < -0.4 is 10.1 Å². The van der Waals surface area contributed by atoms with Gasteiger partial charge >= 0.3 is 0 Å². The molecule has 1 aliphatic rings. The molecule has 1 amide bonds. The van der Waals surface area contributed by atoms with Crippen molar-refractivity contribution < 1.29 is 13.9 Å². The van der Waals surface area contributed by atoms with Gasteiger partial charge in [0.05, 0.1) is 17.9 Å². The monoisotopic (exact) mass is 413 g/mol. The minimum atomic E-state index is -0.342. The molecule has 3 aromatic rings. The summed E-state index contributed by atoms with van der Waals surface area (Å²) in [5.41, 5.74) is 2.83. The summed E-state index contributed by atoms with van der Waals surface area (Å²) in [6, 6.07) is 6.48. The molecule has 9 heteroatoms. The van der Waals surface area contributed by atoms with E-state index in [-0.39, 0.29) is 24.4 Å². The third kappa shape index (κ3) is 4.40. The molecule has 0 aliphatic carbocycles. The molecule has 1 atom stereocenters. The van der Waals surface area contributed by atoms with E-state index in [4.69, 9.17) is 4.74 Å². The molecule has 0 bridgehead atoms. The maximum Gasteiger partial charge on any atom is 0.241 e. The number of carbonyl (C=O) groups is 1. The highest BCUT2D eigenvalue weighted by Crippen LogP contribution is 2.39. The number of aromatic nitrogens is 4. The first-order chi connectivity index (χ1) is 14.0. The molecule has 2 aromatic heterocycles. The Morgan fingerprint density at radius 1 is 1.41 bits per heavy atom. The summed E-state index contributed by atoms with van der Waals surface area (Å²) >= 11 is 1.42. The molecular weight excluding hydrogens is 393 g/mol. The number of amides is 1. The molecule has 1 unspecified atom stereocenters. The SMILES string of the molecule is CSc1nccc(-c2cc(F)cc3c2OC(CNC(=O)Cn2ccc(C)n2)C3)n1. The first-order valence-corrected chi connectivity index (χ1v) is 10.4. The Labute approximate surface area is 171 Å². The fraction of sp³-hybridized carbons (Fsp3) is 0.300. The number of nitrogens with one attached hydrogen (secondary N) is 1. The largest absolute Gasteiger partial charge is 0.487 e. The van der Waals surface area contributed by atoms with E-state index in [1.54, 1.807) is 23.1 Å². The standard InChI is InChI=1S/C20H20FN5O2S/c1-12-4-6-26(25-12)11-18(27)23-10-15-8-13-7-14(21)9-16(19(13)28-15)17-3-5-22-20(24-17)29-2/h3-7,9,15H,8,10-11H2,1-2H3,(H,23,27). The molecule has 1 aliphatic heterocycles. The van der Waals surface area contributed by atoms with Crippen LogP contribution in [-0.2, 0) is 17.8 Å². The second-order valence-corrected chi connectivity index (χ2v) is 7.55. The Balaban J connectivity index is 1.45. The van der Waals surface area contributed by atoms with Gasteiger partial charge in [0.15, 0.2) is 5.16 Å². The van der Waals surface area contributed by atoms with Crippen LogP contribution in [0.4, 0.5) is 4.39 Å². The fourth-order valence-electron chi connectivity index (χ4n) is 3.27. The molecule has 1 aromatic carbocycles. The first kappa shape index (κ1) is 19.4. The minimum absolute atomic E-state index is 0.145. The van der Waals surface area contributed by atoms with Crippen molar-refractivity contribution in [2.45, 2.75) is 31.1 Å². The Bertz CT molecular complexity index is 1060. The molecule has 7 nitrogen and oxygen atoms in total. The summed E-state index contributed by atoms with van der Waals surface area (Å²) < 4.78 is 21.8. The maximum absolute atomic E-state index is 14.2. The second kappa shape index (κ2) is 8.20. The third-order valence-corrected chi connectivity index (χ3v) is 5.12. The number of halogens is 1. The number of ether oxygens (including phenoxy) is 1. The van der Waals surface area contributed by atoms with Crippen molar-refractivity contribution in [3.05, 3.63) is 53.7 Å². The number of benzene rings is 1. The highest BCUT2D eigenvalue weighted by molar-refractivity contribution is 7.98. The van der Waals surface area contributed by atoms with Crippen LogP contribution in [-0.4, -0.2) is 44.6 Å². The quantitative estimate of drug-likeness (QED) is 0.494. The van der Waals surface area contributed by atoms with Crippen molar-refractivity contribution in [1.82, 2.24) is 25.1 Å². The molecule has 29 heavy (non-hydrogen) atoms. The van der Waals surface area contributed by atoms with E-state index >= 15 is 0 Å². The van der Waals surface area contributed by atoms with Gasteiger partial charge in [-0.3, -0.25) is 9.48 Å². The number of hydrogen-bond acceptors (Lipinski definition) is 6. The van der Waals surface area contributed by atoms with Gasteiger partial charge in [-0.05, 0) is 37.4 Å². The highest BCUT2D eigenvalue weighted by Gasteiger charge is 2.28. The van der Waals surface area contributed by atoms with Crippen LogP contribution in [0.15, 0.2) is 41.8 Å². The van der Waals surface area contributed by atoms with E-state index in [0.29, 0.717) is 35.1 Å². The van der Waals surface area contributed by atoms with Crippen molar-refractivity contribution in [2.24, 2.45) is 0 Å². The molecule has 0 saturated carbocycles. The lowest BCUT2D eigenvalue weighted by Gasteiger charge is -2.13. The van der Waals surface area contributed by atoms with Gasteiger partial charge in [-0.15, -0.1) is 0 Å². The Kier molecular flexibility index (Phi) is 5.48. The zero-order valence-electron chi connectivity index (χ0n) is 16.1. The zero-order chi connectivity index (χ0) is 20.4. The van der Waals surface area contributed by atoms with Gasteiger partial charge in [0, 0.05) is 29.9 Å². The maximum atomic E-state index is 14.2. The highest BCUT2D eigenvalue weighted by atomic mass is 32.2. The number of fused-ring (bicyclic) bond motifs is 1. The fourth-order valence-corrected chi connectivity index (χ4v) is 3.63. The third-order valence-electron chi connectivity index (χ3n) is 4.56. The minimum Gasteiger partial charge on any atom is -0.487 e. The Hall–Kier alpha value is -2.94. The van der Waals surface area contributed by atoms with E-state index in [0.717, 1.165) is 11.3 Å². The van der Waals surface area contributed by atoms with Gasteiger partial charge in [-0.25, -0.2) is 14.4 Å². The molecule has 0 radical (unpaired) electrons. The molecule has 0 fully saturated rings. The van der Waals surface area contributed by atoms with Crippen molar-refractivity contribution in [1.29, 1.82) is 0 Å². The van der Waals surface area contributed by atoms with Crippen LogP contribution in [0.25, 0.3) is 11.3 Å². The van der Waals surface area contributed by atoms with Crippen LogP contribution in [0.5, 0.6) is 5.75 Å². The molecule has 3 heterocycles. The van der Waals surface area contributed by atoms with Crippen LogP contribution in [0.1, 0.15) is 11.3 Å². The molecule has 150 valence electrons. The summed E-state index contributed by atoms with van der Waals surface area (Å²) in [4.78, 5) is 20.8. The van der Waals surface area contributed by atoms with Crippen LogP contribution in [0.2, 0.25) is 0 Å². The van der Waals surface area contributed by atoms with E-state index in [2.05, 4.69) is 20.4 Å². The summed E-state index contributed by atoms with van der Waals surface area (Å²) in [5, 5.41) is 7.67.